The van der Waals surface area contributed by atoms with Crippen molar-refractivity contribution in [1.29, 1.82) is 0 Å². The van der Waals surface area contributed by atoms with E-state index < -0.39 is 0 Å². The number of nitrogens with zero attached hydrogens (tertiary/aromatic N) is 4. The molecule has 1 saturated heterocycles. The lowest BCUT2D eigenvalue weighted by Crippen LogP contribution is -2.36. The summed E-state index contributed by atoms with van der Waals surface area (Å²) in [6.07, 6.45) is 4.15. The molecule has 0 aromatic carbocycles. The molecule has 0 bridgehead atoms. The van der Waals surface area contributed by atoms with Gasteiger partial charge in [0.05, 0.1) is 25.0 Å². The predicted molar refractivity (Wildman–Crippen MR) is 90.9 cm³/mol. The van der Waals surface area contributed by atoms with Crippen LogP contribution in [0.25, 0.3) is 0 Å². The molecule has 3 heterocycles. The fourth-order valence-corrected chi connectivity index (χ4v) is 2.93. The highest BCUT2D eigenvalue weighted by Gasteiger charge is 2.24. The van der Waals surface area contributed by atoms with Crippen molar-refractivity contribution in [1.82, 2.24) is 19.7 Å². The Bertz CT molecular complexity index is 700. The smallest absolute Gasteiger partial charge is 0.257 e. The molecule has 1 aliphatic rings. The minimum Gasteiger partial charge on any atom is -0.379 e. The number of pyridine rings is 1. The Kier molecular flexibility index (Phi) is 5.10. The van der Waals surface area contributed by atoms with E-state index in [4.69, 9.17) is 4.74 Å². The van der Waals surface area contributed by atoms with Crippen molar-refractivity contribution in [3.05, 3.63) is 41.9 Å². The van der Waals surface area contributed by atoms with E-state index in [9.17, 15) is 4.79 Å². The van der Waals surface area contributed by atoms with Gasteiger partial charge < -0.3 is 15.0 Å². The van der Waals surface area contributed by atoms with E-state index in [1.54, 1.807) is 17.1 Å². The number of aryl methyl sites for hydroxylation is 1. The molecule has 1 aliphatic heterocycles. The van der Waals surface area contributed by atoms with Crippen molar-refractivity contribution in [3.63, 3.8) is 0 Å². The first-order valence-corrected chi connectivity index (χ1v) is 8.15. The number of nitrogens with one attached hydrogen (secondary N) is 1. The van der Waals surface area contributed by atoms with Gasteiger partial charge in [-0.2, -0.15) is 5.10 Å². The summed E-state index contributed by atoms with van der Waals surface area (Å²) in [6, 6.07) is 5.94. The number of carbonyl (C=O) groups is 1. The van der Waals surface area contributed by atoms with Crippen LogP contribution in [0.1, 0.15) is 16.1 Å². The lowest BCUT2D eigenvalue weighted by Gasteiger charge is -2.23. The number of ether oxygens (including phenoxy) is 1. The second kappa shape index (κ2) is 7.44. The van der Waals surface area contributed by atoms with Crippen LogP contribution in [0.5, 0.6) is 0 Å². The molecule has 2 aromatic rings. The second-order valence-corrected chi connectivity index (χ2v) is 6.06. The van der Waals surface area contributed by atoms with E-state index in [-0.39, 0.29) is 11.8 Å². The molecule has 7 nitrogen and oxygen atoms in total. The summed E-state index contributed by atoms with van der Waals surface area (Å²) in [5, 5.41) is 7.13. The number of hydrogen-bond donors (Lipinski definition) is 1. The van der Waals surface area contributed by atoms with Crippen LogP contribution in [0.15, 0.2) is 30.6 Å². The van der Waals surface area contributed by atoms with Gasteiger partial charge in [0.1, 0.15) is 5.82 Å². The van der Waals surface area contributed by atoms with Crippen molar-refractivity contribution < 1.29 is 9.53 Å². The Labute approximate surface area is 141 Å². The summed E-state index contributed by atoms with van der Waals surface area (Å²) in [4.78, 5) is 19.1. The normalized spacial score (nSPS) is 18.2. The molecule has 0 saturated carbocycles. The van der Waals surface area contributed by atoms with Gasteiger partial charge in [-0.25, -0.2) is 4.98 Å². The third kappa shape index (κ3) is 3.91. The molecule has 7 heteroatoms. The summed E-state index contributed by atoms with van der Waals surface area (Å²) in [7, 11) is 3.67. The van der Waals surface area contributed by atoms with Gasteiger partial charge in [-0.3, -0.25) is 9.48 Å². The number of carbonyl (C=O) groups excluding carboxylic acids is 1. The monoisotopic (exact) mass is 329 g/mol. The Morgan fingerprint density at radius 1 is 1.46 bits per heavy atom. The van der Waals surface area contributed by atoms with Crippen LogP contribution >= 0.6 is 0 Å². The molecule has 1 unspecified atom stereocenters. The molecule has 0 spiro atoms. The standard InChI is InChI=1S/C17H23N5O2/c1-18-16-5-3-4-15(20-16)8-13-10-22(6-7-24-12-13)17(23)14-9-19-21(2)11-14/h3-5,9,11,13H,6-8,10,12H2,1-2H3,(H,18,20). The molecule has 24 heavy (non-hydrogen) atoms. The van der Waals surface area contributed by atoms with E-state index in [0.29, 0.717) is 31.9 Å². The van der Waals surface area contributed by atoms with Crippen LogP contribution in [0.2, 0.25) is 0 Å². The molecule has 0 radical (unpaired) electrons. The Morgan fingerprint density at radius 3 is 3.08 bits per heavy atom. The maximum atomic E-state index is 12.7. The zero-order valence-electron chi connectivity index (χ0n) is 14.1. The lowest BCUT2D eigenvalue weighted by molar-refractivity contribution is 0.0737. The number of aromatic nitrogens is 3. The molecule has 1 fully saturated rings. The van der Waals surface area contributed by atoms with Gasteiger partial charge in [0.15, 0.2) is 0 Å². The number of hydrogen-bond acceptors (Lipinski definition) is 5. The quantitative estimate of drug-likeness (QED) is 0.912. The number of anilines is 1. The van der Waals surface area contributed by atoms with Gasteiger partial charge in [0, 0.05) is 45.0 Å². The molecule has 1 N–H and O–H groups in total. The number of rotatable bonds is 4. The average molecular weight is 329 g/mol. The molecule has 3 rings (SSSR count). The van der Waals surface area contributed by atoms with Crippen molar-refractivity contribution in [2.24, 2.45) is 13.0 Å². The van der Waals surface area contributed by atoms with E-state index >= 15 is 0 Å². The summed E-state index contributed by atoms with van der Waals surface area (Å²) in [5.41, 5.74) is 1.62. The van der Waals surface area contributed by atoms with E-state index in [1.165, 1.54) is 0 Å². The van der Waals surface area contributed by atoms with Gasteiger partial charge >= 0.3 is 0 Å². The van der Waals surface area contributed by atoms with Crippen LogP contribution in [0.3, 0.4) is 0 Å². The van der Waals surface area contributed by atoms with Crippen LogP contribution in [-0.2, 0) is 18.2 Å². The zero-order valence-corrected chi connectivity index (χ0v) is 14.1. The molecule has 1 amide bonds. The minimum absolute atomic E-state index is 0.00975. The summed E-state index contributed by atoms with van der Waals surface area (Å²) < 4.78 is 7.34. The maximum absolute atomic E-state index is 12.7. The Balaban J connectivity index is 1.69. The summed E-state index contributed by atoms with van der Waals surface area (Å²) in [6.45, 7) is 2.47. The molecule has 128 valence electrons. The molecular formula is C17H23N5O2. The average Bonchev–Trinajstić information content (AvgIpc) is 2.89. The molecular weight excluding hydrogens is 306 g/mol. The van der Waals surface area contributed by atoms with Crippen molar-refractivity contribution in [3.8, 4) is 0 Å². The lowest BCUT2D eigenvalue weighted by atomic mass is 10.0. The summed E-state index contributed by atoms with van der Waals surface area (Å²) in [5.74, 6) is 1.09. The third-order valence-electron chi connectivity index (χ3n) is 4.14. The molecule has 0 aliphatic carbocycles. The van der Waals surface area contributed by atoms with Gasteiger partial charge in [-0.15, -0.1) is 0 Å². The van der Waals surface area contributed by atoms with E-state index in [1.807, 2.05) is 37.2 Å². The van der Waals surface area contributed by atoms with E-state index in [0.717, 1.165) is 17.9 Å². The van der Waals surface area contributed by atoms with Gasteiger partial charge in [0.25, 0.3) is 5.91 Å². The summed E-state index contributed by atoms with van der Waals surface area (Å²) >= 11 is 0. The fourth-order valence-electron chi connectivity index (χ4n) is 2.93. The predicted octanol–water partition coefficient (Wildman–Crippen LogP) is 1.19. The van der Waals surface area contributed by atoms with Gasteiger partial charge in [-0.05, 0) is 18.6 Å². The highest BCUT2D eigenvalue weighted by Crippen LogP contribution is 2.16. The first-order chi connectivity index (χ1) is 11.7. The van der Waals surface area contributed by atoms with Crippen LogP contribution in [-0.4, -0.2) is 58.9 Å². The number of amides is 1. The van der Waals surface area contributed by atoms with Crippen molar-refractivity contribution in [2.75, 3.05) is 38.7 Å². The maximum Gasteiger partial charge on any atom is 0.257 e. The highest BCUT2D eigenvalue weighted by atomic mass is 16.5. The van der Waals surface area contributed by atoms with Crippen LogP contribution in [0, 0.1) is 5.92 Å². The molecule has 2 aromatic heterocycles. The largest absolute Gasteiger partial charge is 0.379 e. The van der Waals surface area contributed by atoms with Crippen LogP contribution < -0.4 is 5.32 Å². The minimum atomic E-state index is 0.00975. The second-order valence-electron chi connectivity index (χ2n) is 6.06. The topological polar surface area (TPSA) is 72.3 Å². The fraction of sp³-hybridized carbons (Fsp3) is 0.471. The van der Waals surface area contributed by atoms with Crippen molar-refractivity contribution in [2.45, 2.75) is 6.42 Å². The zero-order chi connectivity index (χ0) is 16.9. The molecule has 1 atom stereocenters. The first kappa shape index (κ1) is 16.4. The first-order valence-electron chi connectivity index (χ1n) is 8.15. The third-order valence-corrected chi connectivity index (χ3v) is 4.14. The Hall–Kier alpha value is -2.41. The van der Waals surface area contributed by atoms with Gasteiger partial charge in [-0.1, -0.05) is 6.07 Å². The van der Waals surface area contributed by atoms with Crippen molar-refractivity contribution >= 4 is 11.7 Å². The van der Waals surface area contributed by atoms with Crippen LogP contribution in [0.4, 0.5) is 5.82 Å². The highest BCUT2D eigenvalue weighted by molar-refractivity contribution is 5.93. The SMILES string of the molecule is CNc1cccc(CC2COCCN(C(=O)c3cnn(C)c3)C2)n1. The van der Waals surface area contributed by atoms with Gasteiger partial charge in [0.2, 0.25) is 0 Å². The van der Waals surface area contributed by atoms with E-state index in [2.05, 4.69) is 15.4 Å². The Morgan fingerprint density at radius 2 is 2.33 bits per heavy atom.